The van der Waals surface area contributed by atoms with E-state index in [1.54, 1.807) is 7.05 Å². The lowest BCUT2D eigenvalue weighted by Crippen LogP contribution is -2.44. The largest absolute Gasteiger partial charge is 0.371 e. The minimum atomic E-state index is 0.00824. The average molecular weight is 264 g/mol. The minimum absolute atomic E-state index is 0.00824. The van der Waals surface area contributed by atoms with Gasteiger partial charge in [-0.1, -0.05) is 0 Å². The van der Waals surface area contributed by atoms with Crippen LogP contribution in [-0.4, -0.2) is 52.9 Å². The molecule has 2 saturated heterocycles. The molecule has 104 valence electrons. The highest BCUT2D eigenvalue weighted by atomic mass is 16.5. The average Bonchev–Trinajstić information content (AvgIpc) is 2.92. The summed E-state index contributed by atoms with van der Waals surface area (Å²) in [6.07, 6.45) is 5.00. The molecule has 0 radical (unpaired) electrons. The second-order valence-corrected chi connectivity index (χ2v) is 5.47. The normalized spacial score (nSPS) is 30.5. The molecule has 1 amide bonds. The van der Waals surface area contributed by atoms with Gasteiger partial charge in [0.15, 0.2) is 0 Å². The molecule has 0 unspecified atom stereocenters. The van der Waals surface area contributed by atoms with E-state index < -0.39 is 0 Å². The number of aromatic nitrogens is 2. The zero-order valence-electron chi connectivity index (χ0n) is 11.4. The molecule has 3 atom stereocenters. The molecule has 0 aliphatic carbocycles. The number of carbonyl (C=O) groups is 1. The molecular formula is C13H20N4O2. The van der Waals surface area contributed by atoms with Crippen LogP contribution in [0, 0.1) is 5.92 Å². The van der Waals surface area contributed by atoms with Gasteiger partial charge in [0.25, 0.3) is 0 Å². The summed E-state index contributed by atoms with van der Waals surface area (Å²) >= 11 is 0. The van der Waals surface area contributed by atoms with Gasteiger partial charge in [-0.3, -0.25) is 14.4 Å². The molecule has 3 heterocycles. The van der Waals surface area contributed by atoms with Gasteiger partial charge in [-0.2, -0.15) is 5.10 Å². The molecule has 0 aromatic carbocycles. The van der Waals surface area contributed by atoms with Crippen molar-refractivity contribution < 1.29 is 9.53 Å². The summed E-state index contributed by atoms with van der Waals surface area (Å²) in [6, 6.07) is 0. The lowest BCUT2D eigenvalue weighted by molar-refractivity contribution is -0.127. The standard InChI is InChI=1S/C13H20N4O2/c1-14-13(18)11-3-10-7-17(8-12(11)19-10)6-9-4-15-16(2)5-9/h4-5,10-12H,3,6-8H2,1-2H3,(H,14,18)/t10-,11-,12+/m0/s1. The fourth-order valence-corrected chi connectivity index (χ4v) is 3.14. The number of morpholine rings is 1. The number of carbonyl (C=O) groups excluding carboxylic acids is 1. The van der Waals surface area contributed by atoms with E-state index >= 15 is 0 Å². The number of likely N-dealkylation sites (tertiary alicyclic amines) is 1. The highest BCUT2D eigenvalue weighted by molar-refractivity contribution is 5.79. The predicted molar refractivity (Wildman–Crippen MR) is 69.3 cm³/mol. The van der Waals surface area contributed by atoms with E-state index in [1.165, 1.54) is 5.56 Å². The highest BCUT2D eigenvalue weighted by Gasteiger charge is 2.44. The van der Waals surface area contributed by atoms with Crippen molar-refractivity contribution in [2.75, 3.05) is 20.1 Å². The van der Waals surface area contributed by atoms with Crippen LogP contribution < -0.4 is 5.32 Å². The smallest absolute Gasteiger partial charge is 0.225 e. The first-order chi connectivity index (χ1) is 9.15. The maximum Gasteiger partial charge on any atom is 0.225 e. The number of hydrogen-bond acceptors (Lipinski definition) is 4. The van der Waals surface area contributed by atoms with E-state index in [0.717, 1.165) is 26.1 Å². The molecule has 19 heavy (non-hydrogen) atoms. The van der Waals surface area contributed by atoms with Crippen molar-refractivity contribution in [3.05, 3.63) is 18.0 Å². The summed E-state index contributed by atoms with van der Waals surface area (Å²) < 4.78 is 7.70. The van der Waals surface area contributed by atoms with E-state index in [2.05, 4.69) is 15.3 Å². The molecule has 2 aliphatic rings. The zero-order chi connectivity index (χ0) is 13.4. The van der Waals surface area contributed by atoms with Gasteiger partial charge in [-0.25, -0.2) is 0 Å². The lowest BCUT2D eigenvalue weighted by Gasteiger charge is -2.32. The van der Waals surface area contributed by atoms with Crippen molar-refractivity contribution in [2.45, 2.75) is 25.2 Å². The van der Waals surface area contributed by atoms with Crippen LogP contribution in [0.15, 0.2) is 12.4 Å². The van der Waals surface area contributed by atoms with Crippen LogP contribution in [-0.2, 0) is 23.1 Å². The Morgan fingerprint density at radius 3 is 3.11 bits per heavy atom. The zero-order valence-corrected chi connectivity index (χ0v) is 11.4. The third-order valence-electron chi connectivity index (χ3n) is 3.98. The van der Waals surface area contributed by atoms with Gasteiger partial charge in [0, 0.05) is 45.5 Å². The first-order valence-corrected chi connectivity index (χ1v) is 6.72. The number of ether oxygens (including phenoxy) is 1. The molecule has 1 N–H and O–H groups in total. The van der Waals surface area contributed by atoms with Crippen LogP contribution in [0.1, 0.15) is 12.0 Å². The van der Waals surface area contributed by atoms with Crippen molar-refractivity contribution in [3.63, 3.8) is 0 Å². The maximum atomic E-state index is 11.8. The number of amides is 1. The Morgan fingerprint density at radius 1 is 1.58 bits per heavy atom. The van der Waals surface area contributed by atoms with E-state index in [0.29, 0.717) is 0 Å². The number of hydrogen-bond donors (Lipinski definition) is 1. The summed E-state index contributed by atoms with van der Waals surface area (Å²) in [5, 5.41) is 6.92. The van der Waals surface area contributed by atoms with Crippen LogP contribution in [0.25, 0.3) is 0 Å². The van der Waals surface area contributed by atoms with Gasteiger partial charge in [0.05, 0.1) is 24.3 Å². The molecule has 6 nitrogen and oxygen atoms in total. The molecular weight excluding hydrogens is 244 g/mol. The van der Waals surface area contributed by atoms with E-state index in [4.69, 9.17) is 4.74 Å². The Hall–Kier alpha value is -1.40. The molecule has 1 aromatic heterocycles. The van der Waals surface area contributed by atoms with Gasteiger partial charge in [0.1, 0.15) is 0 Å². The first kappa shape index (κ1) is 12.6. The maximum absolute atomic E-state index is 11.8. The number of fused-ring (bicyclic) bond motifs is 2. The Balaban J connectivity index is 1.64. The van der Waals surface area contributed by atoms with Crippen molar-refractivity contribution in [1.29, 1.82) is 0 Å². The number of nitrogens with zero attached hydrogens (tertiary/aromatic N) is 3. The monoisotopic (exact) mass is 264 g/mol. The summed E-state index contributed by atoms with van der Waals surface area (Å²) in [5.74, 6) is 0.115. The Bertz CT molecular complexity index is 473. The van der Waals surface area contributed by atoms with Gasteiger partial charge >= 0.3 is 0 Å². The third kappa shape index (κ3) is 2.50. The van der Waals surface area contributed by atoms with Crippen LogP contribution in [0.5, 0.6) is 0 Å². The van der Waals surface area contributed by atoms with Crippen molar-refractivity contribution in [1.82, 2.24) is 20.0 Å². The number of nitrogens with one attached hydrogen (secondary N) is 1. The van der Waals surface area contributed by atoms with E-state index in [-0.39, 0.29) is 24.0 Å². The molecule has 2 bridgehead atoms. The Kier molecular flexibility index (Phi) is 3.28. The second-order valence-electron chi connectivity index (χ2n) is 5.47. The van der Waals surface area contributed by atoms with Crippen LogP contribution >= 0.6 is 0 Å². The lowest BCUT2D eigenvalue weighted by atomic mass is 10.00. The molecule has 0 spiro atoms. The SMILES string of the molecule is CNC(=O)[C@H]1C[C@H]2CN(Cc3cnn(C)c3)C[C@H]1O2. The van der Waals surface area contributed by atoms with Gasteiger partial charge in [-0.15, -0.1) is 0 Å². The summed E-state index contributed by atoms with van der Waals surface area (Å²) in [6.45, 7) is 2.60. The van der Waals surface area contributed by atoms with Crippen molar-refractivity contribution in [3.8, 4) is 0 Å². The Morgan fingerprint density at radius 2 is 2.42 bits per heavy atom. The Labute approximate surface area is 112 Å². The third-order valence-corrected chi connectivity index (χ3v) is 3.98. The van der Waals surface area contributed by atoms with Crippen LogP contribution in [0.3, 0.4) is 0 Å². The summed E-state index contributed by atoms with van der Waals surface area (Å²) in [5.41, 5.74) is 1.21. The van der Waals surface area contributed by atoms with Crippen molar-refractivity contribution >= 4 is 5.91 Å². The molecule has 2 aliphatic heterocycles. The highest BCUT2D eigenvalue weighted by Crippen LogP contribution is 2.32. The van der Waals surface area contributed by atoms with Gasteiger partial charge in [0.2, 0.25) is 5.91 Å². The fraction of sp³-hybridized carbons (Fsp3) is 0.692. The quantitative estimate of drug-likeness (QED) is 0.818. The topological polar surface area (TPSA) is 59.4 Å². The van der Waals surface area contributed by atoms with Crippen LogP contribution in [0.2, 0.25) is 0 Å². The molecule has 1 aromatic rings. The summed E-state index contributed by atoms with van der Waals surface area (Å²) in [7, 11) is 3.62. The van der Waals surface area contributed by atoms with E-state index in [9.17, 15) is 4.79 Å². The minimum Gasteiger partial charge on any atom is -0.371 e. The first-order valence-electron chi connectivity index (χ1n) is 6.72. The molecule has 0 saturated carbocycles. The molecule has 2 fully saturated rings. The summed E-state index contributed by atoms with van der Waals surface area (Å²) in [4.78, 5) is 14.2. The number of aryl methyl sites for hydroxylation is 1. The predicted octanol–water partition coefficient (Wildman–Crippen LogP) is -0.245. The van der Waals surface area contributed by atoms with Crippen molar-refractivity contribution in [2.24, 2.45) is 13.0 Å². The fourth-order valence-electron chi connectivity index (χ4n) is 3.14. The number of rotatable bonds is 3. The molecule has 3 rings (SSSR count). The van der Waals surface area contributed by atoms with E-state index in [1.807, 2.05) is 24.1 Å². The second kappa shape index (κ2) is 4.94. The van der Waals surface area contributed by atoms with Gasteiger partial charge < -0.3 is 10.1 Å². The van der Waals surface area contributed by atoms with Crippen LogP contribution in [0.4, 0.5) is 0 Å². The molecule has 6 heteroatoms. The van der Waals surface area contributed by atoms with Gasteiger partial charge in [-0.05, 0) is 6.42 Å².